The third kappa shape index (κ3) is 4.73. The van der Waals surface area contributed by atoms with Gasteiger partial charge in [-0.15, -0.1) is 0 Å². The molecule has 1 aliphatic carbocycles. The molecular formula is C12H22N2O3. The number of nitrogens with one attached hydrogen (secondary N) is 1. The molecule has 0 atom stereocenters. The van der Waals surface area contributed by atoms with E-state index in [1.54, 1.807) is 0 Å². The van der Waals surface area contributed by atoms with Crippen LogP contribution in [0.2, 0.25) is 0 Å². The Labute approximate surface area is 102 Å². The first-order valence-electron chi connectivity index (χ1n) is 6.31. The molecule has 17 heavy (non-hydrogen) atoms. The minimum atomic E-state index is -0.842. The molecule has 1 amide bonds. The Hall–Kier alpha value is -1.10. The van der Waals surface area contributed by atoms with Gasteiger partial charge < -0.3 is 16.2 Å². The molecule has 0 radical (unpaired) electrons. The van der Waals surface area contributed by atoms with E-state index in [0.29, 0.717) is 19.4 Å². The van der Waals surface area contributed by atoms with Crippen molar-refractivity contribution in [2.45, 2.75) is 56.9 Å². The summed E-state index contributed by atoms with van der Waals surface area (Å²) >= 11 is 0. The van der Waals surface area contributed by atoms with Gasteiger partial charge in [-0.1, -0.05) is 19.3 Å². The first-order chi connectivity index (χ1) is 8.08. The third-order valence-corrected chi connectivity index (χ3v) is 3.31. The van der Waals surface area contributed by atoms with Crippen LogP contribution >= 0.6 is 0 Å². The van der Waals surface area contributed by atoms with Crippen LogP contribution in [0, 0.1) is 0 Å². The van der Waals surface area contributed by atoms with Crippen molar-refractivity contribution < 1.29 is 14.7 Å². The zero-order chi connectivity index (χ0) is 12.7. The molecule has 0 aromatic rings. The van der Waals surface area contributed by atoms with Crippen LogP contribution in [0.1, 0.15) is 51.4 Å². The van der Waals surface area contributed by atoms with Gasteiger partial charge in [0.2, 0.25) is 5.91 Å². The van der Waals surface area contributed by atoms with Crippen molar-refractivity contribution in [1.29, 1.82) is 0 Å². The molecule has 1 fully saturated rings. The molecule has 0 bridgehead atoms. The first kappa shape index (κ1) is 14.0. The Balaban J connectivity index is 2.56. The second-order valence-corrected chi connectivity index (χ2v) is 4.85. The quantitative estimate of drug-likeness (QED) is 0.648. The molecule has 0 saturated heterocycles. The van der Waals surface area contributed by atoms with E-state index >= 15 is 0 Å². The number of carbonyl (C=O) groups excluding carboxylic acids is 1. The van der Waals surface area contributed by atoms with Crippen LogP contribution in [0.15, 0.2) is 0 Å². The molecule has 0 aromatic heterocycles. The summed E-state index contributed by atoms with van der Waals surface area (Å²) in [6.45, 7) is 0.485. The summed E-state index contributed by atoms with van der Waals surface area (Å²) in [5.74, 6) is -0.912. The van der Waals surface area contributed by atoms with Crippen molar-refractivity contribution >= 4 is 11.9 Å². The summed E-state index contributed by atoms with van der Waals surface area (Å²) in [4.78, 5) is 22.6. The van der Waals surface area contributed by atoms with Gasteiger partial charge in [0.25, 0.3) is 0 Å². The van der Waals surface area contributed by atoms with Crippen molar-refractivity contribution in [2.24, 2.45) is 5.73 Å². The van der Waals surface area contributed by atoms with Crippen LogP contribution in [-0.2, 0) is 9.59 Å². The second-order valence-electron chi connectivity index (χ2n) is 4.85. The van der Waals surface area contributed by atoms with Gasteiger partial charge in [0.05, 0.1) is 12.0 Å². The molecule has 1 rings (SSSR count). The van der Waals surface area contributed by atoms with E-state index in [1.165, 1.54) is 0 Å². The summed E-state index contributed by atoms with van der Waals surface area (Å²) in [6.07, 6.45) is 5.71. The fraction of sp³-hybridized carbons (Fsp3) is 0.833. The van der Waals surface area contributed by atoms with Crippen LogP contribution < -0.4 is 11.1 Å². The Morgan fingerprint density at radius 1 is 1.24 bits per heavy atom. The molecule has 0 aliphatic heterocycles. The van der Waals surface area contributed by atoms with Crippen LogP contribution in [0.4, 0.5) is 0 Å². The summed E-state index contributed by atoms with van der Waals surface area (Å²) in [7, 11) is 0. The minimum Gasteiger partial charge on any atom is -0.481 e. The molecule has 0 heterocycles. The Morgan fingerprint density at radius 2 is 1.88 bits per heavy atom. The number of carboxylic acids is 1. The van der Waals surface area contributed by atoms with Gasteiger partial charge >= 0.3 is 5.97 Å². The molecule has 1 saturated carbocycles. The van der Waals surface area contributed by atoms with E-state index in [4.69, 9.17) is 10.8 Å². The number of aliphatic carboxylic acids is 1. The van der Waals surface area contributed by atoms with E-state index in [2.05, 4.69) is 5.32 Å². The van der Waals surface area contributed by atoms with Crippen LogP contribution in [0.3, 0.4) is 0 Å². The number of hydrogen-bond acceptors (Lipinski definition) is 3. The average Bonchev–Trinajstić information content (AvgIpc) is 2.26. The predicted octanol–water partition coefficient (Wildman–Crippen LogP) is 1.02. The number of amides is 1. The Bertz CT molecular complexity index is 273. The highest BCUT2D eigenvalue weighted by Gasteiger charge is 2.35. The highest BCUT2D eigenvalue weighted by atomic mass is 16.4. The van der Waals surface area contributed by atoms with Gasteiger partial charge in [-0.3, -0.25) is 9.59 Å². The number of carboxylic acid groups (broad SMARTS) is 1. The first-order valence-corrected chi connectivity index (χ1v) is 6.31. The van der Waals surface area contributed by atoms with Gasteiger partial charge in [-0.2, -0.15) is 0 Å². The lowest BCUT2D eigenvalue weighted by Gasteiger charge is -2.37. The summed E-state index contributed by atoms with van der Waals surface area (Å²) in [5, 5.41) is 11.9. The van der Waals surface area contributed by atoms with Crippen molar-refractivity contribution in [3.8, 4) is 0 Å². The topological polar surface area (TPSA) is 92.4 Å². The zero-order valence-electron chi connectivity index (χ0n) is 10.2. The molecule has 5 heteroatoms. The maximum atomic E-state index is 11.7. The van der Waals surface area contributed by atoms with Crippen molar-refractivity contribution in [3.05, 3.63) is 0 Å². The van der Waals surface area contributed by atoms with E-state index in [0.717, 1.165) is 32.1 Å². The maximum absolute atomic E-state index is 11.7. The van der Waals surface area contributed by atoms with Crippen molar-refractivity contribution in [2.75, 3.05) is 6.54 Å². The van der Waals surface area contributed by atoms with E-state index < -0.39 is 11.5 Å². The number of nitrogens with two attached hydrogens (primary N) is 1. The predicted molar refractivity (Wildman–Crippen MR) is 64.5 cm³/mol. The monoisotopic (exact) mass is 242 g/mol. The lowest BCUT2D eigenvalue weighted by Crippen LogP contribution is -2.51. The van der Waals surface area contributed by atoms with Crippen LogP contribution in [-0.4, -0.2) is 29.1 Å². The summed E-state index contributed by atoms with van der Waals surface area (Å²) < 4.78 is 0. The molecule has 0 unspecified atom stereocenters. The number of hydrogen-bond donors (Lipinski definition) is 3. The van der Waals surface area contributed by atoms with Gasteiger partial charge in [0.1, 0.15) is 0 Å². The molecule has 4 N–H and O–H groups in total. The molecule has 1 aliphatic rings. The van der Waals surface area contributed by atoms with Gasteiger partial charge in [-0.25, -0.2) is 0 Å². The maximum Gasteiger partial charge on any atom is 0.305 e. The molecular weight excluding hydrogens is 220 g/mol. The smallest absolute Gasteiger partial charge is 0.305 e. The standard InChI is InChI=1S/C12H22N2O3/c13-8-4-5-10(15)14-12(9-11(16)17)6-2-1-3-7-12/h1-9,13H2,(H,14,15)(H,16,17). The van der Waals surface area contributed by atoms with E-state index in [1.807, 2.05) is 0 Å². The SMILES string of the molecule is NCCCC(=O)NC1(CC(=O)O)CCCCC1. The van der Waals surface area contributed by atoms with Gasteiger partial charge in [0, 0.05) is 6.42 Å². The van der Waals surface area contributed by atoms with Crippen LogP contribution in [0.25, 0.3) is 0 Å². The highest BCUT2D eigenvalue weighted by molar-refractivity contribution is 5.78. The number of carbonyl (C=O) groups is 2. The normalized spacial score (nSPS) is 18.6. The Kier molecular flexibility index (Phi) is 5.41. The molecule has 5 nitrogen and oxygen atoms in total. The van der Waals surface area contributed by atoms with Gasteiger partial charge in [-0.05, 0) is 25.8 Å². The lowest BCUT2D eigenvalue weighted by atomic mass is 9.79. The third-order valence-electron chi connectivity index (χ3n) is 3.31. The molecule has 98 valence electrons. The van der Waals surface area contributed by atoms with Crippen molar-refractivity contribution in [1.82, 2.24) is 5.32 Å². The molecule has 0 spiro atoms. The summed E-state index contributed by atoms with van der Waals surface area (Å²) in [6, 6.07) is 0. The Morgan fingerprint density at radius 3 is 2.41 bits per heavy atom. The highest BCUT2D eigenvalue weighted by Crippen LogP contribution is 2.31. The largest absolute Gasteiger partial charge is 0.481 e. The fourth-order valence-electron chi connectivity index (χ4n) is 2.48. The second kappa shape index (κ2) is 6.59. The van der Waals surface area contributed by atoms with Crippen molar-refractivity contribution in [3.63, 3.8) is 0 Å². The van der Waals surface area contributed by atoms with E-state index in [-0.39, 0.29) is 12.3 Å². The van der Waals surface area contributed by atoms with Gasteiger partial charge in [0.15, 0.2) is 0 Å². The average molecular weight is 242 g/mol. The van der Waals surface area contributed by atoms with Crippen LogP contribution in [0.5, 0.6) is 0 Å². The molecule has 0 aromatic carbocycles. The summed E-state index contributed by atoms with van der Waals surface area (Å²) in [5.41, 5.74) is 4.83. The fourth-order valence-corrected chi connectivity index (χ4v) is 2.48. The number of rotatable bonds is 6. The lowest BCUT2D eigenvalue weighted by molar-refractivity contribution is -0.139. The minimum absolute atomic E-state index is 0.0291. The van der Waals surface area contributed by atoms with E-state index in [9.17, 15) is 9.59 Å². The zero-order valence-corrected chi connectivity index (χ0v) is 10.2.